The van der Waals surface area contributed by atoms with Crippen molar-refractivity contribution in [2.45, 2.75) is 72.0 Å². The minimum atomic E-state index is -0.412. The quantitative estimate of drug-likeness (QED) is 0.133. The maximum atomic E-state index is 8.05. The van der Waals surface area contributed by atoms with Crippen LogP contribution in [-0.4, -0.2) is 53.6 Å². The first-order valence-electron chi connectivity index (χ1n) is 14.2. The molecule has 3 rings (SSSR count). The van der Waals surface area contributed by atoms with Crippen molar-refractivity contribution in [2.75, 3.05) is 26.8 Å². The van der Waals surface area contributed by atoms with Crippen LogP contribution < -0.4 is 0 Å². The Labute approximate surface area is 244 Å². The minimum absolute atomic E-state index is 0.133. The third-order valence-corrected chi connectivity index (χ3v) is 8.54. The van der Waals surface area contributed by atoms with Crippen molar-refractivity contribution in [3.8, 4) is 6.07 Å². The number of rotatable bonds is 13. The van der Waals surface area contributed by atoms with E-state index in [1.165, 1.54) is 27.8 Å². The Morgan fingerprint density at radius 1 is 0.825 bits per heavy atom. The minimum Gasteiger partial charge on any atom is -0.396 e. The second-order valence-electron chi connectivity index (χ2n) is 10.7. The number of aliphatic hydroxyl groups excluding tert-OH is 1. The van der Waals surface area contributed by atoms with Crippen LogP contribution in [0.2, 0.25) is 0 Å². The molecule has 0 aliphatic rings. The Kier molecular flexibility index (Phi) is 14.5. The fraction of sp³-hybridized carbons (Fsp3) is 0.441. The molecule has 1 atom stereocenters. The largest absolute Gasteiger partial charge is 0.396 e. The molecule has 0 radical (unpaired) electrons. The topological polar surface area (TPSA) is 59.7 Å². The Hall–Kier alpha value is -2.58. The van der Waals surface area contributed by atoms with Gasteiger partial charge in [-0.2, -0.15) is 5.26 Å². The average Bonchev–Trinajstić information content (AvgIpc) is 2.94. The molecule has 0 aromatic heterocycles. The predicted octanol–water partition coefficient (Wildman–Crippen LogP) is 7.45. The van der Waals surface area contributed by atoms with Gasteiger partial charge in [0.25, 0.3) is 0 Å². The van der Waals surface area contributed by atoms with Crippen LogP contribution in [-0.2, 0) is 10.1 Å². The molecule has 3 aromatic rings. The van der Waals surface area contributed by atoms with Crippen molar-refractivity contribution in [2.24, 2.45) is 0 Å². The summed E-state index contributed by atoms with van der Waals surface area (Å²) < 4.78 is 8.65. The fourth-order valence-corrected chi connectivity index (χ4v) is 5.62. The summed E-state index contributed by atoms with van der Waals surface area (Å²) in [6, 6.07) is 31.7. The lowest BCUT2D eigenvalue weighted by Gasteiger charge is -2.44. The van der Waals surface area contributed by atoms with E-state index < -0.39 is 5.54 Å². The van der Waals surface area contributed by atoms with Gasteiger partial charge in [-0.1, -0.05) is 90.0 Å². The van der Waals surface area contributed by atoms with Gasteiger partial charge in [-0.25, -0.2) is 0 Å². The van der Waals surface area contributed by atoms with Crippen molar-refractivity contribution < 1.29 is 9.63 Å². The Morgan fingerprint density at radius 2 is 1.30 bits per heavy atom. The molecule has 0 aliphatic carbocycles. The number of nitrogens with zero attached hydrogens (tertiary/aromatic N) is 3. The lowest BCUT2D eigenvalue weighted by atomic mass is 9.75. The summed E-state index contributed by atoms with van der Waals surface area (Å²) >= 11 is 0. The van der Waals surface area contributed by atoms with Gasteiger partial charge in [-0.15, -0.1) is 0 Å². The molecule has 1 N–H and O–H groups in total. The SMILES string of the molecule is Cc1ccc(C(c2ccccc2)(c2ccc(C)cc2)N(C)CCOPN(C(C)C)C(C)C)cc1.N#CCCCO. The summed E-state index contributed by atoms with van der Waals surface area (Å²) in [7, 11) is 2.59. The van der Waals surface area contributed by atoms with Gasteiger partial charge in [-0.05, 0) is 71.7 Å². The summed E-state index contributed by atoms with van der Waals surface area (Å²) in [4.78, 5) is 2.46. The number of aliphatic hydroxyl groups is 1. The maximum Gasteiger partial charge on any atom is 0.0971 e. The summed E-state index contributed by atoms with van der Waals surface area (Å²) in [5.41, 5.74) is 5.92. The number of hydrogen-bond donors (Lipinski definition) is 1. The lowest BCUT2D eigenvalue weighted by Crippen LogP contribution is -2.47. The van der Waals surface area contributed by atoms with Gasteiger partial charge in [0.15, 0.2) is 0 Å². The van der Waals surface area contributed by atoms with Crippen LogP contribution in [0.25, 0.3) is 0 Å². The summed E-state index contributed by atoms with van der Waals surface area (Å²) in [5.74, 6) is 0. The average molecular weight is 562 g/mol. The van der Waals surface area contributed by atoms with Crippen molar-refractivity contribution in [1.29, 1.82) is 5.26 Å². The molecule has 6 heteroatoms. The van der Waals surface area contributed by atoms with Gasteiger partial charge >= 0.3 is 0 Å². The monoisotopic (exact) mass is 561 g/mol. The number of unbranched alkanes of at least 4 members (excludes halogenated alkanes) is 1. The molecule has 0 saturated carbocycles. The van der Waals surface area contributed by atoms with E-state index in [4.69, 9.17) is 14.9 Å². The third-order valence-electron chi connectivity index (χ3n) is 6.96. The highest BCUT2D eigenvalue weighted by Gasteiger charge is 2.40. The van der Waals surface area contributed by atoms with Crippen LogP contribution in [0.4, 0.5) is 0 Å². The highest BCUT2D eigenvalue weighted by Crippen LogP contribution is 2.42. The molecule has 0 amide bonds. The van der Waals surface area contributed by atoms with Gasteiger partial charge in [-0.3, -0.25) is 9.57 Å². The number of hydrogen-bond acceptors (Lipinski definition) is 5. The summed E-state index contributed by atoms with van der Waals surface area (Å²) in [6.07, 6.45) is 1.08. The van der Waals surface area contributed by atoms with E-state index in [0.717, 1.165) is 6.54 Å². The standard InChI is InChI=1S/C30H41N2OP.C4H7NO/c1-23(2)32(24(3)4)34-33-22-21-31(7)30(27-11-9-8-10-12-27,28-17-13-25(5)14-18-28)29-19-15-26(6)16-20-29;5-3-1-2-4-6/h8-20,23-24,34H,21-22H2,1-7H3;6H,1-2,4H2. The first kappa shape index (κ1) is 33.6. The van der Waals surface area contributed by atoms with E-state index in [1.54, 1.807) is 0 Å². The molecular weight excluding hydrogens is 513 g/mol. The Balaban J connectivity index is 0.000000840. The normalized spacial score (nSPS) is 11.9. The highest BCUT2D eigenvalue weighted by atomic mass is 31.1. The van der Waals surface area contributed by atoms with Crippen molar-refractivity contribution in [3.05, 3.63) is 107 Å². The number of aryl methyl sites for hydroxylation is 2. The van der Waals surface area contributed by atoms with Gasteiger partial charge in [0.05, 0.1) is 27.2 Å². The van der Waals surface area contributed by atoms with E-state index in [-0.39, 0.29) is 6.61 Å². The molecule has 1 unspecified atom stereocenters. The van der Waals surface area contributed by atoms with Crippen LogP contribution >= 0.6 is 8.96 Å². The van der Waals surface area contributed by atoms with Crippen LogP contribution in [0, 0.1) is 25.2 Å². The van der Waals surface area contributed by atoms with E-state index >= 15 is 0 Å². The van der Waals surface area contributed by atoms with Gasteiger partial charge < -0.3 is 9.63 Å². The smallest absolute Gasteiger partial charge is 0.0971 e. The van der Waals surface area contributed by atoms with E-state index in [2.05, 4.69) is 137 Å². The van der Waals surface area contributed by atoms with Crippen molar-refractivity contribution >= 4 is 8.96 Å². The van der Waals surface area contributed by atoms with Crippen molar-refractivity contribution in [3.63, 3.8) is 0 Å². The van der Waals surface area contributed by atoms with Crippen molar-refractivity contribution in [1.82, 2.24) is 9.57 Å². The van der Waals surface area contributed by atoms with Gasteiger partial charge in [0, 0.05) is 31.7 Å². The zero-order valence-electron chi connectivity index (χ0n) is 25.4. The number of likely N-dealkylation sites (N-methyl/N-ethyl adjacent to an activating group) is 1. The third kappa shape index (κ3) is 9.23. The maximum absolute atomic E-state index is 8.05. The second kappa shape index (κ2) is 17.3. The Morgan fingerprint density at radius 3 is 1.70 bits per heavy atom. The van der Waals surface area contributed by atoms with E-state index in [1.807, 2.05) is 6.07 Å². The van der Waals surface area contributed by atoms with E-state index in [0.29, 0.717) is 40.5 Å². The molecule has 216 valence electrons. The summed E-state index contributed by atoms with van der Waals surface area (Å²) in [5, 5.41) is 15.9. The zero-order chi connectivity index (χ0) is 29.5. The molecule has 3 aromatic carbocycles. The lowest BCUT2D eigenvalue weighted by molar-refractivity contribution is 0.161. The van der Waals surface area contributed by atoms with Crippen LogP contribution in [0.5, 0.6) is 0 Å². The first-order chi connectivity index (χ1) is 19.2. The van der Waals surface area contributed by atoms with E-state index in [9.17, 15) is 0 Å². The first-order valence-corrected chi connectivity index (χ1v) is 15.1. The molecular formula is C34H48N3O2P. The fourth-order valence-electron chi connectivity index (χ4n) is 4.87. The zero-order valence-corrected chi connectivity index (χ0v) is 26.4. The highest BCUT2D eigenvalue weighted by molar-refractivity contribution is 7.29. The second-order valence-corrected chi connectivity index (χ2v) is 11.7. The van der Waals surface area contributed by atoms with Crippen LogP contribution in [0.3, 0.4) is 0 Å². The molecule has 0 aliphatic heterocycles. The number of nitriles is 1. The molecule has 0 bridgehead atoms. The molecule has 0 fully saturated rings. The Bertz CT molecular complexity index is 1090. The molecule has 5 nitrogen and oxygen atoms in total. The molecule has 40 heavy (non-hydrogen) atoms. The molecule has 0 heterocycles. The summed E-state index contributed by atoms with van der Waals surface area (Å²) in [6.45, 7) is 14.9. The number of benzene rings is 3. The predicted molar refractivity (Wildman–Crippen MR) is 170 cm³/mol. The van der Waals surface area contributed by atoms with Gasteiger partial charge in [0.1, 0.15) is 0 Å². The van der Waals surface area contributed by atoms with Crippen LogP contribution in [0.1, 0.15) is 68.4 Å². The molecule has 0 spiro atoms. The van der Waals surface area contributed by atoms with Crippen LogP contribution in [0.15, 0.2) is 78.9 Å². The molecule has 0 saturated heterocycles. The van der Waals surface area contributed by atoms with Gasteiger partial charge in [0.2, 0.25) is 0 Å².